The van der Waals surface area contributed by atoms with Crippen LogP contribution in [0.4, 0.5) is 0 Å². The quantitative estimate of drug-likeness (QED) is 0.456. The normalized spacial score (nSPS) is 44.8. The van der Waals surface area contributed by atoms with Gasteiger partial charge in [-0.15, -0.1) is 0 Å². The smallest absolute Gasteiger partial charge is 0.326 e. The molecule has 3 nitrogen and oxygen atoms in total. The molecule has 3 aliphatic rings. The molecule has 0 amide bonds. The van der Waals surface area contributed by atoms with Crippen molar-refractivity contribution >= 4 is 5.97 Å². The number of hydrogen-bond acceptors (Lipinski definition) is 3. The molecule has 0 unspecified atom stereocenters. The first kappa shape index (κ1) is 8.48. The van der Waals surface area contributed by atoms with Gasteiger partial charge in [0.2, 0.25) is 0 Å². The standard InChI is InChI=1S/C11H15NO2/c1-7-4-11(10(13)14-2)9-3-8(9)6-12(11)5-7/h8-9H,1,3-6H2,2H3/t8-,9-,11+/m1/s1. The molecule has 14 heavy (non-hydrogen) atoms. The van der Waals surface area contributed by atoms with Crippen molar-refractivity contribution in [3.8, 4) is 0 Å². The van der Waals surface area contributed by atoms with Crippen LogP contribution in [0.15, 0.2) is 12.2 Å². The molecule has 0 N–H and O–H groups in total. The Morgan fingerprint density at radius 2 is 2.50 bits per heavy atom. The zero-order chi connectivity index (χ0) is 9.92. The molecule has 0 aromatic rings. The van der Waals surface area contributed by atoms with Crippen LogP contribution in [0.3, 0.4) is 0 Å². The third-order valence-corrected chi connectivity index (χ3v) is 4.03. The van der Waals surface area contributed by atoms with Gasteiger partial charge in [0.25, 0.3) is 0 Å². The zero-order valence-corrected chi connectivity index (χ0v) is 8.45. The largest absolute Gasteiger partial charge is 0.468 e. The summed E-state index contributed by atoms with van der Waals surface area (Å²) < 4.78 is 4.96. The highest BCUT2D eigenvalue weighted by molar-refractivity contribution is 5.84. The van der Waals surface area contributed by atoms with E-state index in [2.05, 4.69) is 11.5 Å². The summed E-state index contributed by atoms with van der Waals surface area (Å²) in [6, 6.07) is 0. The summed E-state index contributed by atoms with van der Waals surface area (Å²) in [5.41, 5.74) is 0.872. The van der Waals surface area contributed by atoms with Gasteiger partial charge in [0.15, 0.2) is 0 Å². The summed E-state index contributed by atoms with van der Waals surface area (Å²) in [4.78, 5) is 14.2. The highest BCUT2D eigenvalue weighted by Crippen LogP contribution is 2.60. The highest BCUT2D eigenvalue weighted by atomic mass is 16.5. The third kappa shape index (κ3) is 0.793. The van der Waals surface area contributed by atoms with E-state index in [4.69, 9.17) is 4.74 Å². The molecule has 3 heteroatoms. The number of piperidine rings is 1. The highest BCUT2D eigenvalue weighted by Gasteiger charge is 2.68. The van der Waals surface area contributed by atoms with E-state index in [1.807, 2.05) is 0 Å². The van der Waals surface area contributed by atoms with E-state index >= 15 is 0 Å². The Bertz CT molecular complexity index is 325. The minimum Gasteiger partial charge on any atom is -0.468 e. The van der Waals surface area contributed by atoms with E-state index in [0.29, 0.717) is 5.92 Å². The summed E-state index contributed by atoms with van der Waals surface area (Å²) >= 11 is 0. The summed E-state index contributed by atoms with van der Waals surface area (Å²) in [5.74, 6) is 1.26. The lowest BCUT2D eigenvalue weighted by Gasteiger charge is -2.31. The zero-order valence-electron chi connectivity index (χ0n) is 8.45. The van der Waals surface area contributed by atoms with Crippen molar-refractivity contribution in [1.82, 2.24) is 4.90 Å². The molecule has 3 rings (SSSR count). The molecule has 1 aliphatic carbocycles. The van der Waals surface area contributed by atoms with Gasteiger partial charge in [0.1, 0.15) is 5.54 Å². The van der Waals surface area contributed by atoms with E-state index in [1.165, 1.54) is 19.1 Å². The predicted octanol–water partition coefficient (Wildman–Crippen LogP) is 0.810. The van der Waals surface area contributed by atoms with Crippen molar-refractivity contribution in [2.75, 3.05) is 20.2 Å². The molecule has 3 atom stereocenters. The fraction of sp³-hybridized carbons (Fsp3) is 0.727. The molecule has 1 saturated carbocycles. The molecule has 0 bridgehead atoms. The molecule has 2 heterocycles. The van der Waals surface area contributed by atoms with Crippen molar-refractivity contribution in [3.05, 3.63) is 12.2 Å². The molecule has 76 valence electrons. The van der Waals surface area contributed by atoms with Gasteiger partial charge < -0.3 is 4.74 Å². The molecule has 2 aliphatic heterocycles. The van der Waals surface area contributed by atoms with E-state index in [9.17, 15) is 4.79 Å². The van der Waals surface area contributed by atoms with Crippen molar-refractivity contribution in [3.63, 3.8) is 0 Å². The van der Waals surface area contributed by atoms with Gasteiger partial charge in [-0.05, 0) is 24.7 Å². The summed E-state index contributed by atoms with van der Waals surface area (Å²) in [5, 5.41) is 0. The van der Waals surface area contributed by atoms with Crippen LogP contribution in [0.5, 0.6) is 0 Å². The number of nitrogens with zero attached hydrogens (tertiary/aromatic N) is 1. The van der Waals surface area contributed by atoms with E-state index in [1.54, 1.807) is 0 Å². The van der Waals surface area contributed by atoms with Crippen LogP contribution in [0.2, 0.25) is 0 Å². The fourth-order valence-corrected chi connectivity index (χ4v) is 3.40. The number of fused-ring (bicyclic) bond motifs is 3. The second-order valence-corrected chi connectivity index (χ2v) is 4.83. The van der Waals surface area contributed by atoms with Crippen molar-refractivity contribution < 1.29 is 9.53 Å². The first-order valence-electron chi connectivity index (χ1n) is 5.18. The third-order valence-electron chi connectivity index (χ3n) is 4.03. The molecule has 0 aromatic heterocycles. The molecule has 0 spiro atoms. The number of hydrogen-bond donors (Lipinski definition) is 0. The predicted molar refractivity (Wildman–Crippen MR) is 51.7 cm³/mol. The number of esters is 1. The van der Waals surface area contributed by atoms with Crippen molar-refractivity contribution in [1.29, 1.82) is 0 Å². The van der Waals surface area contributed by atoms with Crippen LogP contribution >= 0.6 is 0 Å². The Morgan fingerprint density at radius 1 is 1.71 bits per heavy atom. The Labute approximate surface area is 83.7 Å². The lowest BCUT2D eigenvalue weighted by molar-refractivity contribution is -0.153. The SMILES string of the molecule is C=C1CN2C[C@H]3C[C@H]3[C@]2(C(=O)OC)C1. The van der Waals surface area contributed by atoms with Gasteiger partial charge in [-0.1, -0.05) is 12.2 Å². The van der Waals surface area contributed by atoms with E-state index in [0.717, 1.165) is 25.4 Å². The molecular formula is C11H15NO2. The van der Waals surface area contributed by atoms with Crippen LogP contribution in [0, 0.1) is 11.8 Å². The maximum Gasteiger partial charge on any atom is 0.326 e. The molecule has 3 fully saturated rings. The number of carbonyl (C=O) groups excluding carboxylic acids is 1. The van der Waals surface area contributed by atoms with Crippen molar-refractivity contribution in [2.45, 2.75) is 18.4 Å². The van der Waals surface area contributed by atoms with Crippen molar-refractivity contribution in [2.24, 2.45) is 11.8 Å². The summed E-state index contributed by atoms with van der Waals surface area (Å²) in [6.07, 6.45) is 2.03. The van der Waals surface area contributed by atoms with Crippen LogP contribution < -0.4 is 0 Å². The summed E-state index contributed by atoms with van der Waals surface area (Å²) in [7, 11) is 1.49. The number of rotatable bonds is 1. The summed E-state index contributed by atoms with van der Waals surface area (Å²) in [6.45, 7) is 5.96. The Morgan fingerprint density at radius 3 is 3.21 bits per heavy atom. The number of carbonyl (C=O) groups is 1. The molecule has 0 aromatic carbocycles. The first-order chi connectivity index (χ1) is 6.68. The van der Waals surface area contributed by atoms with Gasteiger partial charge in [0.05, 0.1) is 7.11 Å². The van der Waals surface area contributed by atoms with E-state index < -0.39 is 0 Å². The topological polar surface area (TPSA) is 29.5 Å². The first-order valence-corrected chi connectivity index (χ1v) is 5.18. The van der Waals surface area contributed by atoms with Crippen LogP contribution in [-0.4, -0.2) is 36.6 Å². The lowest BCUT2D eigenvalue weighted by Crippen LogP contribution is -2.49. The van der Waals surface area contributed by atoms with E-state index in [-0.39, 0.29) is 11.5 Å². The van der Waals surface area contributed by atoms with Crippen LogP contribution in [-0.2, 0) is 9.53 Å². The fourth-order valence-electron chi connectivity index (χ4n) is 3.40. The average Bonchev–Trinajstić information content (AvgIpc) is 2.74. The van der Waals surface area contributed by atoms with Gasteiger partial charge in [-0.2, -0.15) is 0 Å². The van der Waals surface area contributed by atoms with Gasteiger partial charge >= 0.3 is 5.97 Å². The maximum atomic E-state index is 11.9. The molecular weight excluding hydrogens is 178 g/mol. The Hall–Kier alpha value is -0.830. The lowest BCUT2D eigenvalue weighted by atomic mass is 9.90. The maximum absolute atomic E-state index is 11.9. The Kier molecular flexibility index (Phi) is 1.45. The minimum atomic E-state index is -0.309. The van der Waals surface area contributed by atoms with Gasteiger partial charge in [0, 0.05) is 13.1 Å². The van der Waals surface area contributed by atoms with Crippen LogP contribution in [0.1, 0.15) is 12.8 Å². The van der Waals surface area contributed by atoms with Gasteiger partial charge in [-0.3, -0.25) is 9.69 Å². The number of ether oxygens (including phenoxy) is 1. The average molecular weight is 193 g/mol. The number of methoxy groups -OCH3 is 1. The second kappa shape index (κ2) is 2.40. The molecule has 0 radical (unpaired) electrons. The minimum absolute atomic E-state index is 0.0406. The molecule has 2 saturated heterocycles. The van der Waals surface area contributed by atoms with Gasteiger partial charge in [-0.25, -0.2) is 0 Å². The monoisotopic (exact) mass is 193 g/mol. The Balaban J connectivity index is 1.99. The second-order valence-electron chi connectivity index (χ2n) is 4.83. The van der Waals surface area contributed by atoms with Crippen LogP contribution in [0.25, 0.3) is 0 Å².